The summed E-state index contributed by atoms with van der Waals surface area (Å²) >= 11 is 0. The van der Waals surface area contributed by atoms with Crippen LogP contribution in [-0.4, -0.2) is 0 Å². The first-order valence-corrected chi connectivity index (χ1v) is 10.7. The van der Waals surface area contributed by atoms with Gasteiger partial charge in [0.25, 0.3) is 0 Å². The summed E-state index contributed by atoms with van der Waals surface area (Å²) in [5.41, 5.74) is 14.8. The lowest BCUT2D eigenvalue weighted by molar-refractivity contribution is 0.746. The zero-order valence-electron chi connectivity index (χ0n) is 16.8. The van der Waals surface area contributed by atoms with Crippen molar-refractivity contribution in [3.63, 3.8) is 0 Å². The lowest BCUT2D eigenvalue weighted by atomic mass is 9.86. The molecule has 2 aliphatic carbocycles. The van der Waals surface area contributed by atoms with Gasteiger partial charge in [-0.05, 0) is 80.8 Å². The fourth-order valence-electron chi connectivity index (χ4n) is 5.50. The van der Waals surface area contributed by atoms with E-state index in [1.807, 2.05) is 0 Å². The highest BCUT2D eigenvalue weighted by molar-refractivity contribution is 5.79. The highest BCUT2D eigenvalue weighted by Crippen LogP contribution is 2.42. The number of benzene rings is 4. The zero-order valence-corrected chi connectivity index (χ0v) is 16.8. The molecule has 0 amide bonds. The van der Waals surface area contributed by atoms with Crippen LogP contribution >= 0.6 is 0 Å². The van der Waals surface area contributed by atoms with Crippen LogP contribution in [0.2, 0.25) is 0 Å². The SMILES string of the molecule is CC(Cc1cccc2c1Cc1ccccc1-2)c1cccc2c1Cc1ccccc1-2. The second-order valence-electron chi connectivity index (χ2n) is 8.59. The number of rotatable bonds is 3. The standard InChI is InChI=1S/C29H24/c1-19(23-13-7-15-27-25-12-5-3-9-22(25)18-29(23)27)16-20-10-6-14-26-24-11-4-2-8-21(24)17-28(20)26/h2-15,19H,16-18H2,1H3. The van der Waals surface area contributed by atoms with Gasteiger partial charge in [0, 0.05) is 0 Å². The van der Waals surface area contributed by atoms with Crippen molar-refractivity contribution in [3.8, 4) is 22.3 Å². The first kappa shape index (κ1) is 16.8. The molecule has 0 N–H and O–H groups in total. The largest absolute Gasteiger partial charge is 0.0619 e. The zero-order chi connectivity index (χ0) is 19.4. The van der Waals surface area contributed by atoms with E-state index < -0.39 is 0 Å². The van der Waals surface area contributed by atoms with E-state index in [2.05, 4.69) is 91.9 Å². The molecule has 1 unspecified atom stereocenters. The molecule has 4 aromatic rings. The summed E-state index contributed by atoms with van der Waals surface area (Å²) < 4.78 is 0. The lowest BCUT2D eigenvalue weighted by Gasteiger charge is -2.18. The van der Waals surface area contributed by atoms with Gasteiger partial charge >= 0.3 is 0 Å². The van der Waals surface area contributed by atoms with Crippen LogP contribution in [-0.2, 0) is 19.3 Å². The van der Waals surface area contributed by atoms with Crippen molar-refractivity contribution in [1.29, 1.82) is 0 Å². The Bertz CT molecular complexity index is 1240. The molecule has 0 aliphatic heterocycles. The molecular formula is C29H24. The van der Waals surface area contributed by atoms with E-state index in [4.69, 9.17) is 0 Å². The molecule has 0 fully saturated rings. The monoisotopic (exact) mass is 372 g/mol. The molecule has 1 atom stereocenters. The Kier molecular flexibility index (Phi) is 3.74. The topological polar surface area (TPSA) is 0 Å². The van der Waals surface area contributed by atoms with Crippen LogP contribution in [0, 0.1) is 0 Å². The highest BCUT2D eigenvalue weighted by Gasteiger charge is 2.25. The van der Waals surface area contributed by atoms with Gasteiger partial charge in [0.05, 0.1) is 0 Å². The quantitative estimate of drug-likeness (QED) is 0.309. The summed E-state index contributed by atoms with van der Waals surface area (Å²) in [6, 6.07) is 31.6. The molecule has 0 heteroatoms. The summed E-state index contributed by atoms with van der Waals surface area (Å²) in [5.74, 6) is 0.509. The molecule has 0 heterocycles. The normalized spacial score (nSPS) is 14.1. The first-order valence-electron chi connectivity index (χ1n) is 10.7. The molecule has 0 spiro atoms. The van der Waals surface area contributed by atoms with Crippen molar-refractivity contribution in [2.45, 2.75) is 32.1 Å². The van der Waals surface area contributed by atoms with Gasteiger partial charge in [-0.2, -0.15) is 0 Å². The number of fused-ring (bicyclic) bond motifs is 6. The third kappa shape index (κ3) is 2.59. The predicted octanol–water partition coefficient (Wildman–Crippen LogP) is 7.18. The Morgan fingerprint density at radius 3 is 1.86 bits per heavy atom. The molecule has 0 bridgehead atoms. The second-order valence-corrected chi connectivity index (χ2v) is 8.59. The fraction of sp³-hybridized carbons (Fsp3) is 0.172. The summed E-state index contributed by atoms with van der Waals surface area (Å²) in [5, 5.41) is 0. The van der Waals surface area contributed by atoms with Crippen LogP contribution in [0.15, 0.2) is 84.9 Å². The Labute approximate surface area is 172 Å². The van der Waals surface area contributed by atoms with E-state index in [9.17, 15) is 0 Å². The molecule has 0 radical (unpaired) electrons. The Morgan fingerprint density at radius 2 is 1.14 bits per heavy atom. The molecule has 0 saturated carbocycles. The molecular weight excluding hydrogens is 348 g/mol. The summed E-state index contributed by atoms with van der Waals surface area (Å²) in [7, 11) is 0. The highest BCUT2D eigenvalue weighted by atomic mass is 14.3. The molecule has 0 nitrogen and oxygen atoms in total. The predicted molar refractivity (Wildman–Crippen MR) is 121 cm³/mol. The van der Waals surface area contributed by atoms with Crippen molar-refractivity contribution in [2.75, 3.05) is 0 Å². The molecule has 29 heavy (non-hydrogen) atoms. The molecule has 140 valence electrons. The van der Waals surface area contributed by atoms with E-state index in [0.29, 0.717) is 5.92 Å². The van der Waals surface area contributed by atoms with E-state index in [0.717, 1.165) is 19.3 Å². The number of hydrogen-bond acceptors (Lipinski definition) is 0. The van der Waals surface area contributed by atoms with Crippen molar-refractivity contribution >= 4 is 0 Å². The van der Waals surface area contributed by atoms with Gasteiger partial charge in [-0.1, -0.05) is 91.9 Å². The average molecular weight is 373 g/mol. The molecule has 6 rings (SSSR count). The van der Waals surface area contributed by atoms with Crippen molar-refractivity contribution in [2.24, 2.45) is 0 Å². The fourth-order valence-corrected chi connectivity index (χ4v) is 5.50. The van der Waals surface area contributed by atoms with E-state index in [1.165, 1.54) is 55.6 Å². The first-order chi connectivity index (χ1) is 14.3. The van der Waals surface area contributed by atoms with Crippen molar-refractivity contribution in [3.05, 3.63) is 118 Å². The average Bonchev–Trinajstić information content (AvgIpc) is 3.32. The van der Waals surface area contributed by atoms with Crippen LogP contribution in [0.25, 0.3) is 22.3 Å². The summed E-state index contributed by atoms with van der Waals surface area (Å²) in [6.45, 7) is 2.40. The molecule has 0 saturated heterocycles. The van der Waals surface area contributed by atoms with Gasteiger partial charge in [0.1, 0.15) is 0 Å². The minimum atomic E-state index is 0.509. The second kappa shape index (κ2) is 6.46. The van der Waals surface area contributed by atoms with E-state index in [1.54, 1.807) is 0 Å². The number of hydrogen-bond donors (Lipinski definition) is 0. The maximum Gasteiger partial charge on any atom is -0.00106 e. The van der Waals surface area contributed by atoms with Crippen LogP contribution in [0.4, 0.5) is 0 Å². The summed E-state index contributed by atoms with van der Waals surface area (Å²) in [4.78, 5) is 0. The molecule has 4 aromatic carbocycles. The van der Waals surface area contributed by atoms with E-state index in [-0.39, 0.29) is 0 Å². The molecule has 2 aliphatic rings. The van der Waals surface area contributed by atoms with Crippen LogP contribution in [0.3, 0.4) is 0 Å². The maximum atomic E-state index is 2.40. The molecule has 0 aromatic heterocycles. The van der Waals surface area contributed by atoms with Gasteiger partial charge in [-0.15, -0.1) is 0 Å². The Balaban J connectivity index is 1.36. The van der Waals surface area contributed by atoms with Gasteiger partial charge in [-0.25, -0.2) is 0 Å². The van der Waals surface area contributed by atoms with Crippen molar-refractivity contribution in [1.82, 2.24) is 0 Å². The summed E-state index contributed by atoms with van der Waals surface area (Å²) in [6.07, 6.45) is 3.25. The lowest BCUT2D eigenvalue weighted by Crippen LogP contribution is -2.04. The smallest absolute Gasteiger partial charge is 0.00106 e. The minimum Gasteiger partial charge on any atom is -0.0619 e. The third-order valence-electron chi connectivity index (χ3n) is 6.89. The van der Waals surface area contributed by atoms with Gasteiger partial charge in [0.15, 0.2) is 0 Å². The van der Waals surface area contributed by atoms with Gasteiger partial charge < -0.3 is 0 Å². The Hall–Kier alpha value is -3.12. The Morgan fingerprint density at radius 1 is 0.586 bits per heavy atom. The van der Waals surface area contributed by atoms with Gasteiger partial charge in [0.2, 0.25) is 0 Å². The van der Waals surface area contributed by atoms with Crippen LogP contribution in [0.5, 0.6) is 0 Å². The third-order valence-corrected chi connectivity index (χ3v) is 6.89. The van der Waals surface area contributed by atoms with Crippen LogP contribution < -0.4 is 0 Å². The maximum absolute atomic E-state index is 2.40. The van der Waals surface area contributed by atoms with Gasteiger partial charge in [-0.3, -0.25) is 0 Å². The minimum absolute atomic E-state index is 0.509. The van der Waals surface area contributed by atoms with E-state index >= 15 is 0 Å². The van der Waals surface area contributed by atoms with Crippen molar-refractivity contribution < 1.29 is 0 Å². The van der Waals surface area contributed by atoms with Crippen LogP contribution in [0.1, 0.15) is 46.2 Å².